The summed E-state index contributed by atoms with van der Waals surface area (Å²) < 4.78 is 28.5. The number of ether oxygens (including phenoxy) is 1. The van der Waals surface area contributed by atoms with Gasteiger partial charge in [-0.25, -0.2) is 0 Å². The summed E-state index contributed by atoms with van der Waals surface area (Å²) in [5.74, 6) is 0.174. The topological polar surface area (TPSA) is 41.6 Å². The van der Waals surface area contributed by atoms with Crippen LogP contribution in [0, 0.1) is 0 Å². The minimum atomic E-state index is -2.81. The molecule has 24 heavy (non-hydrogen) atoms. The summed E-state index contributed by atoms with van der Waals surface area (Å²) in [5.41, 5.74) is 0.970. The van der Waals surface area contributed by atoms with Crippen LogP contribution in [0.1, 0.15) is 37.7 Å². The molecule has 0 radical (unpaired) electrons. The van der Waals surface area contributed by atoms with Crippen molar-refractivity contribution < 1.29 is 18.3 Å². The van der Waals surface area contributed by atoms with Crippen LogP contribution in [0.3, 0.4) is 0 Å². The van der Waals surface area contributed by atoms with E-state index in [1.165, 1.54) is 44.2 Å². The van der Waals surface area contributed by atoms with Crippen LogP contribution in [0.5, 0.6) is 5.75 Å². The zero-order valence-electron chi connectivity index (χ0n) is 14.1. The van der Waals surface area contributed by atoms with Crippen LogP contribution in [0.25, 0.3) is 0 Å². The van der Waals surface area contributed by atoms with Gasteiger partial charge in [0, 0.05) is 12.6 Å². The molecule has 1 amide bonds. The van der Waals surface area contributed by atoms with Crippen LogP contribution in [-0.2, 0) is 11.2 Å². The fourth-order valence-corrected chi connectivity index (χ4v) is 3.12. The van der Waals surface area contributed by atoms with Crippen molar-refractivity contribution in [2.75, 3.05) is 20.1 Å². The van der Waals surface area contributed by atoms with E-state index in [4.69, 9.17) is 0 Å². The van der Waals surface area contributed by atoms with E-state index in [1.807, 2.05) is 7.05 Å². The normalized spacial score (nSPS) is 15.7. The van der Waals surface area contributed by atoms with Gasteiger partial charge in [-0.1, -0.05) is 31.4 Å². The SMILES string of the molecule is CN(CC(=O)NCCc1ccc(OC(F)F)cc1)C1CCCCC1. The van der Waals surface area contributed by atoms with Crippen molar-refractivity contribution in [2.24, 2.45) is 0 Å². The maximum absolute atomic E-state index is 12.1. The van der Waals surface area contributed by atoms with E-state index in [-0.39, 0.29) is 11.7 Å². The van der Waals surface area contributed by atoms with E-state index in [9.17, 15) is 13.6 Å². The van der Waals surface area contributed by atoms with Crippen LogP contribution < -0.4 is 10.1 Å². The molecule has 1 aromatic rings. The molecule has 0 atom stereocenters. The standard InChI is InChI=1S/C18H26F2N2O2/c1-22(15-5-3-2-4-6-15)13-17(23)21-12-11-14-7-9-16(10-8-14)24-18(19)20/h7-10,15,18H,2-6,11-13H2,1H3,(H,21,23). The van der Waals surface area contributed by atoms with Gasteiger partial charge >= 0.3 is 6.61 Å². The van der Waals surface area contributed by atoms with Gasteiger partial charge in [-0.15, -0.1) is 0 Å². The number of nitrogens with zero attached hydrogens (tertiary/aromatic N) is 1. The molecule has 134 valence electrons. The predicted molar refractivity (Wildman–Crippen MR) is 89.3 cm³/mol. The zero-order chi connectivity index (χ0) is 17.4. The average molecular weight is 340 g/mol. The Bertz CT molecular complexity index is 502. The third-order valence-corrected chi connectivity index (χ3v) is 4.48. The van der Waals surface area contributed by atoms with E-state index >= 15 is 0 Å². The molecule has 1 saturated carbocycles. The van der Waals surface area contributed by atoms with E-state index in [2.05, 4.69) is 15.0 Å². The molecule has 0 spiro atoms. The van der Waals surface area contributed by atoms with Crippen LogP contribution in [0.15, 0.2) is 24.3 Å². The third kappa shape index (κ3) is 6.43. The van der Waals surface area contributed by atoms with Crippen molar-refractivity contribution in [3.8, 4) is 5.75 Å². The Morgan fingerprint density at radius 3 is 2.54 bits per heavy atom. The Hall–Kier alpha value is -1.69. The number of carbonyl (C=O) groups excluding carboxylic acids is 1. The molecule has 0 saturated heterocycles. The number of carbonyl (C=O) groups is 1. The van der Waals surface area contributed by atoms with E-state index in [1.54, 1.807) is 12.1 Å². The molecule has 0 aliphatic heterocycles. The van der Waals surface area contributed by atoms with Gasteiger partial charge in [0.2, 0.25) is 5.91 Å². The number of benzene rings is 1. The second-order valence-corrected chi connectivity index (χ2v) is 6.33. The van der Waals surface area contributed by atoms with Gasteiger partial charge in [0.15, 0.2) is 0 Å². The number of alkyl halides is 2. The smallest absolute Gasteiger partial charge is 0.387 e. The van der Waals surface area contributed by atoms with Crippen LogP contribution in [0.4, 0.5) is 8.78 Å². The molecular weight excluding hydrogens is 314 g/mol. The molecule has 0 aromatic heterocycles. The van der Waals surface area contributed by atoms with Gasteiger partial charge in [0.25, 0.3) is 0 Å². The molecule has 1 N–H and O–H groups in total. The van der Waals surface area contributed by atoms with Crippen molar-refractivity contribution in [1.82, 2.24) is 10.2 Å². The van der Waals surface area contributed by atoms with Crippen LogP contribution in [-0.4, -0.2) is 43.6 Å². The summed E-state index contributed by atoms with van der Waals surface area (Å²) in [5, 5.41) is 2.92. The summed E-state index contributed by atoms with van der Waals surface area (Å²) in [6, 6.07) is 7.02. The molecule has 1 fully saturated rings. The van der Waals surface area contributed by atoms with Crippen LogP contribution >= 0.6 is 0 Å². The Balaban J connectivity index is 1.66. The molecule has 1 aliphatic rings. The highest BCUT2D eigenvalue weighted by atomic mass is 19.3. The molecular formula is C18H26F2N2O2. The lowest BCUT2D eigenvalue weighted by Crippen LogP contribution is -2.41. The summed E-state index contributed by atoms with van der Waals surface area (Å²) in [4.78, 5) is 14.1. The second kappa shape index (κ2) is 9.57. The number of hydrogen-bond donors (Lipinski definition) is 1. The highest BCUT2D eigenvalue weighted by Gasteiger charge is 2.19. The number of nitrogens with one attached hydrogen (secondary N) is 1. The summed E-state index contributed by atoms with van der Waals surface area (Å²) in [7, 11) is 2.01. The summed E-state index contributed by atoms with van der Waals surface area (Å²) in [6.07, 6.45) is 6.82. The maximum atomic E-state index is 12.1. The van der Waals surface area contributed by atoms with Gasteiger partial charge in [-0.3, -0.25) is 9.69 Å². The summed E-state index contributed by atoms with van der Waals surface area (Å²) in [6.45, 7) is -1.85. The Morgan fingerprint density at radius 1 is 1.25 bits per heavy atom. The molecule has 4 nitrogen and oxygen atoms in total. The third-order valence-electron chi connectivity index (χ3n) is 4.48. The molecule has 0 unspecified atom stereocenters. The molecule has 6 heteroatoms. The van der Waals surface area contributed by atoms with Crippen molar-refractivity contribution >= 4 is 5.91 Å². The average Bonchev–Trinajstić information content (AvgIpc) is 2.57. The molecule has 2 rings (SSSR count). The van der Waals surface area contributed by atoms with Crippen molar-refractivity contribution in [3.63, 3.8) is 0 Å². The minimum Gasteiger partial charge on any atom is -0.435 e. The Kier molecular flexibility index (Phi) is 7.43. The summed E-state index contributed by atoms with van der Waals surface area (Å²) >= 11 is 0. The van der Waals surface area contributed by atoms with E-state index in [0.717, 1.165) is 5.56 Å². The molecule has 0 bridgehead atoms. The van der Waals surface area contributed by atoms with Gasteiger partial charge in [-0.2, -0.15) is 8.78 Å². The van der Waals surface area contributed by atoms with Crippen LogP contribution in [0.2, 0.25) is 0 Å². The fraction of sp³-hybridized carbons (Fsp3) is 0.611. The van der Waals surface area contributed by atoms with Crippen molar-refractivity contribution in [1.29, 1.82) is 0 Å². The lowest BCUT2D eigenvalue weighted by molar-refractivity contribution is -0.122. The lowest BCUT2D eigenvalue weighted by atomic mass is 9.94. The quantitative estimate of drug-likeness (QED) is 0.790. The van der Waals surface area contributed by atoms with Gasteiger partial charge in [0.1, 0.15) is 5.75 Å². The largest absolute Gasteiger partial charge is 0.435 e. The van der Waals surface area contributed by atoms with Gasteiger partial charge in [-0.05, 0) is 44.0 Å². The molecule has 1 aliphatic carbocycles. The number of hydrogen-bond acceptors (Lipinski definition) is 3. The van der Waals surface area contributed by atoms with Crippen molar-refractivity contribution in [3.05, 3.63) is 29.8 Å². The highest BCUT2D eigenvalue weighted by Crippen LogP contribution is 2.21. The first kappa shape index (κ1) is 18.6. The highest BCUT2D eigenvalue weighted by molar-refractivity contribution is 5.78. The number of likely N-dealkylation sites (N-methyl/N-ethyl adjacent to an activating group) is 1. The predicted octanol–water partition coefficient (Wildman–Crippen LogP) is 3.21. The Morgan fingerprint density at radius 2 is 1.92 bits per heavy atom. The maximum Gasteiger partial charge on any atom is 0.387 e. The van der Waals surface area contributed by atoms with Crippen molar-refractivity contribution in [2.45, 2.75) is 51.2 Å². The number of rotatable bonds is 8. The first-order valence-electron chi connectivity index (χ1n) is 8.55. The number of halogens is 2. The molecule has 0 heterocycles. The first-order chi connectivity index (χ1) is 11.5. The molecule has 1 aromatic carbocycles. The fourth-order valence-electron chi connectivity index (χ4n) is 3.12. The van der Waals surface area contributed by atoms with E-state index in [0.29, 0.717) is 25.6 Å². The van der Waals surface area contributed by atoms with Gasteiger partial charge in [0.05, 0.1) is 6.54 Å². The minimum absolute atomic E-state index is 0.0285. The monoisotopic (exact) mass is 340 g/mol. The first-order valence-corrected chi connectivity index (χ1v) is 8.55. The second-order valence-electron chi connectivity index (χ2n) is 6.33. The Labute approximate surface area is 142 Å². The van der Waals surface area contributed by atoms with Gasteiger partial charge < -0.3 is 10.1 Å². The zero-order valence-corrected chi connectivity index (χ0v) is 14.1. The lowest BCUT2D eigenvalue weighted by Gasteiger charge is -2.30. The number of amides is 1. The van der Waals surface area contributed by atoms with E-state index < -0.39 is 6.61 Å².